The van der Waals surface area contributed by atoms with Crippen LogP contribution in [0.5, 0.6) is 11.5 Å². The summed E-state index contributed by atoms with van der Waals surface area (Å²) < 4.78 is 11.6. The van der Waals surface area contributed by atoms with Gasteiger partial charge in [0, 0.05) is 43.9 Å². The van der Waals surface area contributed by atoms with E-state index < -0.39 is 5.72 Å². The molecule has 1 fully saturated rings. The van der Waals surface area contributed by atoms with Crippen molar-refractivity contribution in [3.63, 3.8) is 0 Å². The number of carbonyl (C=O) groups is 3. The predicted molar refractivity (Wildman–Crippen MR) is 122 cm³/mol. The number of carbonyl (C=O) groups excluding carboxylic acids is 3. The third kappa shape index (κ3) is 3.75. The monoisotopic (exact) mass is 448 g/mol. The minimum Gasteiger partial charge on any atom is -0.495 e. The van der Waals surface area contributed by atoms with Crippen LogP contribution < -0.4 is 20.1 Å². The number of nitrogens with zero attached hydrogens (tertiary/aromatic N) is 1. The van der Waals surface area contributed by atoms with E-state index in [0.717, 1.165) is 10.9 Å². The highest BCUT2D eigenvalue weighted by Gasteiger charge is 2.43. The molecule has 0 bridgehead atoms. The maximum absolute atomic E-state index is 13.1. The molecule has 1 aromatic heterocycles. The molecule has 9 heteroatoms. The van der Waals surface area contributed by atoms with Gasteiger partial charge in [-0.3, -0.25) is 14.4 Å². The number of anilines is 1. The molecule has 2 aliphatic rings. The van der Waals surface area contributed by atoms with E-state index in [-0.39, 0.29) is 17.7 Å². The minimum atomic E-state index is -0.861. The van der Waals surface area contributed by atoms with E-state index in [1.54, 1.807) is 30.2 Å². The molecule has 3 heterocycles. The first-order valence-corrected chi connectivity index (χ1v) is 10.8. The van der Waals surface area contributed by atoms with Gasteiger partial charge in [0.1, 0.15) is 17.2 Å². The van der Waals surface area contributed by atoms with Gasteiger partial charge in [0.05, 0.1) is 18.2 Å². The van der Waals surface area contributed by atoms with E-state index in [0.29, 0.717) is 54.4 Å². The minimum absolute atomic E-state index is 0.106. The van der Waals surface area contributed by atoms with Gasteiger partial charge in [0.25, 0.3) is 11.8 Å². The molecule has 1 saturated heterocycles. The zero-order valence-corrected chi connectivity index (χ0v) is 18.4. The number of ether oxygens (including phenoxy) is 2. The van der Waals surface area contributed by atoms with Crippen LogP contribution in [0.3, 0.4) is 0 Å². The van der Waals surface area contributed by atoms with Crippen molar-refractivity contribution in [2.45, 2.75) is 25.5 Å². The van der Waals surface area contributed by atoms with Crippen molar-refractivity contribution in [1.82, 2.24) is 15.2 Å². The number of piperidine rings is 1. The third-order valence-electron chi connectivity index (χ3n) is 6.12. The Morgan fingerprint density at radius 3 is 2.67 bits per heavy atom. The number of rotatable bonds is 3. The lowest BCUT2D eigenvalue weighted by Gasteiger charge is -2.44. The predicted octanol–water partition coefficient (Wildman–Crippen LogP) is 2.89. The van der Waals surface area contributed by atoms with Crippen molar-refractivity contribution in [3.8, 4) is 11.5 Å². The van der Waals surface area contributed by atoms with Gasteiger partial charge in [0.15, 0.2) is 5.72 Å². The van der Waals surface area contributed by atoms with E-state index in [2.05, 4.69) is 15.6 Å². The van der Waals surface area contributed by atoms with Gasteiger partial charge in [-0.2, -0.15) is 0 Å². The lowest BCUT2D eigenvalue weighted by Crippen LogP contribution is -2.61. The maximum Gasteiger partial charge on any atom is 0.270 e. The number of benzene rings is 2. The highest BCUT2D eigenvalue weighted by molar-refractivity contribution is 6.01. The van der Waals surface area contributed by atoms with E-state index in [1.807, 2.05) is 24.3 Å². The molecule has 0 radical (unpaired) electrons. The fraction of sp³-hybridized carbons (Fsp3) is 0.292. The Morgan fingerprint density at radius 2 is 1.94 bits per heavy atom. The van der Waals surface area contributed by atoms with Gasteiger partial charge >= 0.3 is 0 Å². The van der Waals surface area contributed by atoms with Gasteiger partial charge in [0.2, 0.25) is 5.91 Å². The number of hydrogen-bond acceptors (Lipinski definition) is 5. The molecule has 0 unspecified atom stereocenters. The standard InChI is InChI=1S/C24H24N4O5/c1-14(29)25-16-6-7-19-17(13-16)22(30)27-24(33-19)8-10-28(11-9-24)23(31)18-12-15-4-3-5-20(32-2)21(15)26-18/h3-7,12-13,26H,8-11H2,1-2H3,(H,25,29)(H,27,30). The van der Waals surface area contributed by atoms with Crippen LogP contribution in [0.2, 0.25) is 0 Å². The van der Waals surface area contributed by atoms with Crippen LogP contribution in [0.4, 0.5) is 5.69 Å². The Labute approximate surface area is 190 Å². The quantitative estimate of drug-likeness (QED) is 0.570. The number of H-pyrrole nitrogens is 1. The molecule has 170 valence electrons. The van der Waals surface area contributed by atoms with Crippen LogP contribution in [0.1, 0.15) is 40.6 Å². The van der Waals surface area contributed by atoms with Crippen molar-refractivity contribution in [3.05, 3.63) is 53.7 Å². The van der Waals surface area contributed by atoms with Crippen molar-refractivity contribution in [2.24, 2.45) is 0 Å². The molecule has 0 saturated carbocycles. The average molecular weight is 448 g/mol. The van der Waals surface area contributed by atoms with Crippen molar-refractivity contribution < 1.29 is 23.9 Å². The van der Waals surface area contributed by atoms with Crippen LogP contribution in [0.15, 0.2) is 42.5 Å². The molecular weight excluding hydrogens is 424 g/mol. The second-order valence-electron chi connectivity index (χ2n) is 8.34. The topological polar surface area (TPSA) is 113 Å². The van der Waals surface area contributed by atoms with Gasteiger partial charge in [-0.1, -0.05) is 12.1 Å². The molecule has 2 aliphatic heterocycles. The van der Waals surface area contributed by atoms with Crippen LogP contribution in [-0.4, -0.2) is 53.5 Å². The first kappa shape index (κ1) is 20.9. The third-order valence-corrected chi connectivity index (χ3v) is 6.12. The Morgan fingerprint density at radius 1 is 1.15 bits per heavy atom. The fourth-order valence-electron chi connectivity index (χ4n) is 4.47. The average Bonchev–Trinajstić information content (AvgIpc) is 3.24. The van der Waals surface area contributed by atoms with E-state index in [1.165, 1.54) is 6.92 Å². The van der Waals surface area contributed by atoms with Crippen molar-refractivity contribution in [1.29, 1.82) is 0 Å². The molecule has 5 rings (SSSR count). The molecule has 3 amide bonds. The summed E-state index contributed by atoms with van der Waals surface area (Å²) in [7, 11) is 1.60. The molecule has 2 aromatic carbocycles. The second-order valence-corrected chi connectivity index (χ2v) is 8.34. The van der Waals surface area contributed by atoms with Gasteiger partial charge < -0.3 is 30.0 Å². The molecule has 9 nitrogen and oxygen atoms in total. The van der Waals surface area contributed by atoms with E-state index in [4.69, 9.17) is 9.47 Å². The summed E-state index contributed by atoms with van der Waals surface area (Å²) in [5.74, 6) is 0.573. The summed E-state index contributed by atoms with van der Waals surface area (Å²) in [5, 5.41) is 6.54. The Kier molecular flexibility index (Phi) is 4.96. The normalized spacial score (nSPS) is 16.7. The molecule has 33 heavy (non-hydrogen) atoms. The highest BCUT2D eigenvalue weighted by Crippen LogP contribution is 2.35. The number of aromatic amines is 1. The summed E-state index contributed by atoms with van der Waals surface area (Å²) in [5.41, 5.74) is 1.33. The molecular formula is C24H24N4O5. The van der Waals surface area contributed by atoms with Crippen LogP contribution >= 0.6 is 0 Å². The number of fused-ring (bicyclic) bond motifs is 2. The zero-order valence-electron chi connectivity index (χ0n) is 18.4. The summed E-state index contributed by atoms with van der Waals surface area (Å²) in [4.78, 5) is 42.1. The number of methoxy groups -OCH3 is 1. The second kappa shape index (κ2) is 7.84. The lowest BCUT2D eigenvalue weighted by molar-refractivity contribution is -0.114. The molecule has 0 aliphatic carbocycles. The number of likely N-dealkylation sites (tertiary alicyclic amines) is 1. The maximum atomic E-state index is 13.1. The number of para-hydroxylation sites is 1. The SMILES string of the molecule is COc1cccc2cc(C(=O)N3CCC4(CC3)NC(=O)c3cc(NC(C)=O)ccc3O4)[nH]c12. The molecule has 0 atom stereocenters. The van der Waals surface area contributed by atoms with E-state index >= 15 is 0 Å². The summed E-state index contributed by atoms with van der Waals surface area (Å²) >= 11 is 0. The Bertz CT molecular complexity index is 1270. The largest absolute Gasteiger partial charge is 0.495 e. The van der Waals surface area contributed by atoms with Crippen molar-refractivity contribution >= 4 is 34.3 Å². The number of amides is 3. The zero-order chi connectivity index (χ0) is 23.2. The summed E-state index contributed by atoms with van der Waals surface area (Å²) in [6.45, 7) is 2.28. The number of nitrogens with one attached hydrogen (secondary N) is 3. The fourth-order valence-corrected chi connectivity index (χ4v) is 4.47. The van der Waals surface area contributed by atoms with Crippen LogP contribution in [-0.2, 0) is 4.79 Å². The van der Waals surface area contributed by atoms with Crippen molar-refractivity contribution in [2.75, 3.05) is 25.5 Å². The van der Waals surface area contributed by atoms with Crippen LogP contribution in [0, 0.1) is 0 Å². The lowest BCUT2D eigenvalue weighted by atomic mass is 9.96. The first-order valence-electron chi connectivity index (χ1n) is 10.8. The number of aromatic nitrogens is 1. The molecule has 3 N–H and O–H groups in total. The summed E-state index contributed by atoms with van der Waals surface area (Å²) in [6, 6.07) is 12.5. The summed E-state index contributed by atoms with van der Waals surface area (Å²) in [6.07, 6.45) is 0.918. The Balaban J connectivity index is 1.30. The van der Waals surface area contributed by atoms with Gasteiger partial charge in [-0.05, 0) is 30.3 Å². The van der Waals surface area contributed by atoms with Crippen LogP contribution in [0.25, 0.3) is 10.9 Å². The smallest absolute Gasteiger partial charge is 0.270 e. The van der Waals surface area contributed by atoms with Gasteiger partial charge in [-0.15, -0.1) is 0 Å². The first-order chi connectivity index (χ1) is 15.9. The highest BCUT2D eigenvalue weighted by atomic mass is 16.5. The van der Waals surface area contributed by atoms with Gasteiger partial charge in [-0.25, -0.2) is 0 Å². The van der Waals surface area contributed by atoms with E-state index in [9.17, 15) is 14.4 Å². The number of hydrogen-bond donors (Lipinski definition) is 3. The molecule has 3 aromatic rings. The Hall–Kier alpha value is -4.01. The molecule has 1 spiro atoms.